The van der Waals surface area contributed by atoms with E-state index in [1.54, 1.807) is 6.07 Å². The number of benzene rings is 1. The minimum atomic E-state index is 0.220. The van der Waals surface area contributed by atoms with Gasteiger partial charge in [0.2, 0.25) is 0 Å². The maximum Gasteiger partial charge on any atom is 0.120 e. The van der Waals surface area contributed by atoms with Crippen molar-refractivity contribution in [2.24, 2.45) is 11.8 Å². The van der Waals surface area contributed by atoms with Gasteiger partial charge in [0.1, 0.15) is 5.75 Å². The maximum absolute atomic E-state index is 9.91. The van der Waals surface area contributed by atoms with Gasteiger partial charge in [0.25, 0.3) is 0 Å². The molecule has 3 atom stereocenters. The van der Waals surface area contributed by atoms with Crippen molar-refractivity contribution < 1.29 is 5.11 Å². The summed E-state index contributed by atoms with van der Waals surface area (Å²) in [7, 11) is 0. The van der Waals surface area contributed by atoms with Crippen LogP contribution < -0.4 is 5.32 Å². The first kappa shape index (κ1) is 13.4. The Bertz CT molecular complexity index is 402. The second kappa shape index (κ2) is 5.75. The highest BCUT2D eigenvalue weighted by atomic mass is 16.3. The van der Waals surface area contributed by atoms with Crippen molar-refractivity contribution in [3.05, 3.63) is 29.3 Å². The van der Waals surface area contributed by atoms with E-state index in [-0.39, 0.29) is 6.04 Å². The molecule has 100 valence electrons. The third kappa shape index (κ3) is 3.05. The summed E-state index contributed by atoms with van der Waals surface area (Å²) in [5, 5.41) is 13.5. The maximum atomic E-state index is 9.91. The fraction of sp³-hybridized carbons (Fsp3) is 0.625. The molecule has 3 unspecified atom stereocenters. The van der Waals surface area contributed by atoms with E-state index in [1.807, 2.05) is 6.07 Å². The Morgan fingerprint density at radius 1 is 1.39 bits per heavy atom. The summed E-state index contributed by atoms with van der Waals surface area (Å²) < 4.78 is 0. The summed E-state index contributed by atoms with van der Waals surface area (Å²) in [6.07, 6.45) is 4.09. The smallest absolute Gasteiger partial charge is 0.120 e. The molecule has 18 heavy (non-hydrogen) atoms. The zero-order valence-electron chi connectivity index (χ0n) is 11.7. The molecule has 1 aromatic rings. The number of hydrogen-bond donors (Lipinski definition) is 2. The summed E-state index contributed by atoms with van der Waals surface area (Å²) in [6, 6.07) is 6.04. The zero-order chi connectivity index (χ0) is 13.1. The zero-order valence-corrected chi connectivity index (χ0v) is 11.7. The first-order valence-corrected chi connectivity index (χ1v) is 7.11. The molecule has 1 aliphatic rings. The van der Waals surface area contributed by atoms with Gasteiger partial charge in [0, 0.05) is 11.6 Å². The molecule has 0 saturated heterocycles. The number of rotatable bonds is 4. The Labute approximate surface area is 110 Å². The van der Waals surface area contributed by atoms with Crippen molar-refractivity contribution in [1.29, 1.82) is 0 Å². The van der Waals surface area contributed by atoms with E-state index < -0.39 is 0 Å². The summed E-state index contributed by atoms with van der Waals surface area (Å²) in [5.74, 6) is 2.05. The van der Waals surface area contributed by atoms with Crippen LogP contribution >= 0.6 is 0 Å². The molecule has 1 aromatic carbocycles. The van der Waals surface area contributed by atoms with Crippen LogP contribution in [0.2, 0.25) is 0 Å². The molecule has 0 spiro atoms. The quantitative estimate of drug-likeness (QED) is 0.848. The highest BCUT2D eigenvalue weighted by molar-refractivity contribution is 5.37. The van der Waals surface area contributed by atoms with Crippen LogP contribution in [-0.2, 0) is 0 Å². The van der Waals surface area contributed by atoms with Gasteiger partial charge >= 0.3 is 0 Å². The molecule has 2 heteroatoms. The van der Waals surface area contributed by atoms with Crippen molar-refractivity contribution in [3.63, 3.8) is 0 Å². The largest absolute Gasteiger partial charge is 0.508 e. The number of phenolic OH excluding ortho intramolecular Hbond substituents is 1. The van der Waals surface area contributed by atoms with Gasteiger partial charge in [-0.3, -0.25) is 0 Å². The van der Waals surface area contributed by atoms with Gasteiger partial charge in [-0.15, -0.1) is 0 Å². The standard InChI is InChI=1S/C16H25NO/c1-11-7-8-16(18)15(9-11)13(3)17-10-14-6-4-5-12(14)2/h7-9,12-14,17-18H,4-6,10H2,1-3H3. The van der Waals surface area contributed by atoms with Gasteiger partial charge in [-0.05, 0) is 44.7 Å². The van der Waals surface area contributed by atoms with Crippen LogP contribution in [0.3, 0.4) is 0 Å². The second-order valence-corrected chi connectivity index (χ2v) is 5.86. The van der Waals surface area contributed by atoms with Crippen LogP contribution in [0.15, 0.2) is 18.2 Å². The molecule has 0 aromatic heterocycles. The van der Waals surface area contributed by atoms with Crippen molar-refractivity contribution in [1.82, 2.24) is 5.32 Å². The normalized spacial score (nSPS) is 25.3. The third-order valence-electron chi connectivity index (χ3n) is 4.37. The molecule has 1 fully saturated rings. The number of nitrogens with one attached hydrogen (secondary N) is 1. The van der Waals surface area contributed by atoms with Crippen molar-refractivity contribution in [3.8, 4) is 5.75 Å². The predicted molar refractivity (Wildman–Crippen MR) is 75.8 cm³/mol. The number of aromatic hydroxyl groups is 1. The van der Waals surface area contributed by atoms with E-state index in [0.29, 0.717) is 5.75 Å². The van der Waals surface area contributed by atoms with E-state index >= 15 is 0 Å². The highest BCUT2D eigenvalue weighted by Crippen LogP contribution is 2.31. The van der Waals surface area contributed by atoms with E-state index in [4.69, 9.17) is 0 Å². The Balaban J connectivity index is 1.94. The van der Waals surface area contributed by atoms with Crippen LogP contribution in [0.4, 0.5) is 0 Å². The Morgan fingerprint density at radius 3 is 2.83 bits per heavy atom. The molecular weight excluding hydrogens is 222 g/mol. The molecule has 0 amide bonds. The minimum Gasteiger partial charge on any atom is -0.508 e. The summed E-state index contributed by atoms with van der Waals surface area (Å²) in [5.41, 5.74) is 2.21. The molecular formula is C16H25NO. The third-order valence-corrected chi connectivity index (χ3v) is 4.37. The second-order valence-electron chi connectivity index (χ2n) is 5.86. The van der Waals surface area contributed by atoms with Crippen LogP contribution in [0.1, 0.15) is 50.3 Å². The molecule has 0 bridgehead atoms. The molecule has 1 saturated carbocycles. The van der Waals surface area contributed by atoms with Gasteiger partial charge in [0.15, 0.2) is 0 Å². The number of phenols is 1. The molecule has 2 nitrogen and oxygen atoms in total. The summed E-state index contributed by atoms with van der Waals surface area (Å²) in [6.45, 7) is 7.62. The fourth-order valence-electron chi connectivity index (χ4n) is 2.98. The van der Waals surface area contributed by atoms with Gasteiger partial charge < -0.3 is 10.4 Å². The Morgan fingerprint density at radius 2 is 2.17 bits per heavy atom. The minimum absolute atomic E-state index is 0.220. The predicted octanol–water partition coefficient (Wildman–Crippen LogP) is 3.79. The van der Waals surface area contributed by atoms with E-state index in [9.17, 15) is 5.11 Å². The van der Waals surface area contributed by atoms with Crippen molar-refractivity contribution >= 4 is 0 Å². The molecule has 2 rings (SSSR count). The number of aryl methyl sites for hydroxylation is 1. The number of hydrogen-bond acceptors (Lipinski definition) is 2. The fourth-order valence-corrected chi connectivity index (χ4v) is 2.98. The van der Waals surface area contributed by atoms with Crippen molar-refractivity contribution in [2.45, 2.75) is 46.1 Å². The molecule has 0 radical (unpaired) electrons. The average Bonchev–Trinajstić information content (AvgIpc) is 2.75. The first-order valence-electron chi connectivity index (χ1n) is 7.11. The van der Waals surface area contributed by atoms with Crippen LogP contribution in [0.25, 0.3) is 0 Å². The molecule has 0 aliphatic heterocycles. The highest BCUT2D eigenvalue weighted by Gasteiger charge is 2.23. The monoisotopic (exact) mass is 247 g/mol. The molecule has 2 N–H and O–H groups in total. The topological polar surface area (TPSA) is 32.3 Å². The summed E-state index contributed by atoms with van der Waals surface area (Å²) in [4.78, 5) is 0. The Kier molecular flexibility index (Phi) is 4.28. The van der Waals surface area contributed by atoms with Crippen LogP contribution in [0, 0.1) is 18.8 Å². The van der Waals surface area contributed by atoms with E-state index in [2.05, 4.69) is 32.2 Å². The van der Waals surface area contributed by atoms with E-state index in [1.165, 1.54) is 24.8 Å². The Hall–Kier alpha value is -1.02. The van der Waals surface area contributed by atoms with E-state index in [0.717, 1.165) is 23.9 Å². The lowest BCUT2D eigenvalue weighted by molar-refractivity contribution is 0.370. The lowest BCUT2D eigenvalue weighted by Gasteiger charge is -2.21. The molecule has 0 heterocycles. The van der Waals surface area contributed by atoms with Gasteiger partial charge in [-0.25, -0.2) is 0 Å². The molecule has 1 aliphatic carbocycles. The lowest BCUT2D eigenvalue weighted by atomic mass is 9.97. The van der Waals surface area contributed by atoms with Crippen molar-refractivity contribution in [2.75, 3.05) is 6.54 Å². The SMILES string of the molecule is Cc1ccc(O)c(C(C)NCC2CCCC2C)c1. The first-order chi connectivity index (χ1) is 8.58. The van der Waals surface area contributed by atoms with Gasteiger partial charge in [0.05, 0.1) is 0 Å². The van der Waals surface area contributed by atoms with Gasteiger partial charge in [-0.2, -0.15) is 0 Å². The lowest BCUT2D eigenvalue weighted by Crippen LogP contribution is -2.27. The summed E-state index contributed by atoms with van der Waals surface area (Å²) >= 11 is 0. The van der Waals surface area contributed by atoms with Crippen LogP contribution in [-0.4, -0.2) is 11.7 Å². The average molecular weight is 247 g/mol. The van der Waals surface area contributed by atoms with Gasteiger partial charge in [-0.1, -0.05) is 37.5 Å². The van der Waals surface area contributed by atoms with Crippen LogP contribution in [0.5, 0.6) is 5.75 Å².